The Morgan fingerprint density at radius 3 is 2.12 bits per heavy atom. The van der Waals surface area contributed by atoms with Crippen molar-refractivity contribution in [3.63, 3.8) is 0 Å². The highest BCUT2D eigenvalue weighted by molar-refractivity contribution is 7.80. The lowest BCUT2D eigenvalue weighted by Crippen LogP contribution is -2.26. The molecule has 0 aliphatic carbocycles. The van der Waals surface area contributed by atoms with Crippen molar-refractivity contribution >= 4 is 51.1 Å². The number of anilines is 3. The zero-order valence-corrected chi connectivity index (χ0v) is 14.5. The van der Waals surface area contributed by atoms with E-state index in [1.807, 2.05) is 42.5 Å². The van der Waals surface area contributed by atoms with E-state index in [-0.39, 0.29) is 5.91 Å². The maximum absolute atomic E-state index is 10.9. The van der Waals surface area contributed by atoms with E-state index in [4.69, 9.17) is 12.2 Å². The Bertz CT molecular complexity index is 909. The topological polar surface area (TPSA) is 65.2 Å². The molecule has 5 nitrogen and oxygen atoms in total. The molecule has 126 valence electrons. The quantitative estimate of drug-likeness (QED) is 0.421. The van der Waals surface area contributed by atoms with Crippen LogP contribution in [0.1, 0.15) is 6.92 Å². The Morgan fingerprint density at radius 2 is 1.40 bits per heavy atom. The van der Waals surface area contributed by atoms with Crippen molar-refractivity contribution in [3.05, 3.63) is 66.7 Å². The third-order valence-electron chi connectivity index (χ3n) is 3.53. The molecule has 0 radical (unpaired) electrons. The van der Waals surface area contributed by atoms with E-state index < -0.39 is 0 Å². The molecule has 4 N–H and O–H groups in total. The molecule has 25 heavy (non-hydrogen) atoms. The number of hydrazine groups is 1. The molecule has 0 fully saturated rings. The molecule has 6 heteroatoms. The van der Waals surface area contributed by atoms with Crippen LogP contribution in [0.3, 0.4) is 0 Å². The molecule has 0 bridgehead atoms. The third kappa shape index (κ3) is 4.68. The lowest BCUT2D eigenvalue weighted by Gasteiger charge is -2.12. The molecule has 3 aromatic carbocycles. The largest absolute Gasteiger partial charge is 0.332 e. The van der Waals surface area contributed by atoms with Crippen LogP contribution in [-0.2, 0) is 4.79 Å². The van der Waals surface area contributed by atoms with E-state index in [2.05, 4.69) is 45.8 Å². The van der Waals surface area contributed by atoms with E-state index in [1.54, 1.807) is 0 Å². The lowest BCUT2D eigenvalue weighted by molar-refractivity contribution is -0.118. The molecule has 3 rings (SSSR count). The predicted molar refractivity (Wildman–Crippen MR) is 108 cm³/mol. The Labute approximate surface area is 151 Å². The highest BCUT2D eigenvalue weighted by Gasteiger charge is 2.01. The van der Waals surface area contributed by atoms with Crippen LogP contribution < -0.4 is 21.5 Å². The second-order valence-corrected chi connectivity index (χ2v) is 5.93. The number of benzene rings is 3. The fraction of sp³-hybridized carbons (Fsp3) is 0.0526. The molecule has 3 aromatic rings. The second-order valence-electron chi connectivity index (χ2n) is 5.52. The van der Waals surface area contributed by atoms with Crippen LogP contribution in [0.5, 0.6) is 0 Å². The normalized spacial score (nSPS) is 10.1. The average Bonchev–Trinajstić information content (AvgIpc) is 2.61. The van der Waals surface area contributed by atoms with Crippen molar-refractivity contribution in [2.75, 3.05) is 16.1 Å². The lowest BCUT2D eigenvalue weighted by atomic mass is 10.1. The molecule has 0 spiro atoms. The fourth-order valence-electron chi connectivity index (χ4n) is 2.36. The first-order valence-corrected chi connectivity index (χ1v) is 8.20. The van der Waals surface area contributed by atoms with Crippen molar-refractivity contribution in [1.29, 1.82) is 0 Å². The van der Waals surface area contributed by atoms with Crippen LogP contribution in [0.25, 0.3) is 10.8 Å². The summed E-state index contributed by atoms with van der Waals surface area (Å²) < 4.78 is 0. The van der Waals surface area contributed by atoms with Gasteiger partial charge in [0.15, 0.2) is 5.11 Å². The minimum Gasteiger partial charge on any atom is -0.332 e. The second kappa shape index (κ2) is 7.63. The van der Waals surface area contributed by atoms with Gasteiger partial charge in [-0.25, -0.2) is 0 Å². The monoisotopic (exact) mass is 350 g/mol. The number of thiocarbonyl (C=S) groups is 1. The summed E-state index contributed by atoms with van der Waals surface area (Å²) in [6.45, 7) is 1.44. The standard InChI is InChI=1S/C19H18N4OS/c1-13(24)22-23-17-10-8-16(9-11-17)20-19(25)21-18-7-6-14-4-2-3-5-15(14)12-18/h2-12,23H,1H3,(H,22,24)(H2,20,21,25). The first-order chi connectivity index (χ1) is 12.1. The number of carbonyl (C=O) groups is 1. The fourth-order valence-corrected chi connectivity index (χ4v) is 2.59. The van der Waals surface area contributed by atoms with Crippen molar-refractivity contribution in [2.45, 2.75) is 6.92 Å². The van der Waals surface area contributed by atoms with Crippen LogP contribution >= 0.6 is 12.2 Å². The van der Waals surface area contributed by atoms with Gasteiger partial charge in [-0.05, 0) is 59.4 Å². The van der Waals surface area contributed by atoms with Crippen LogP contribution in [0.4, 0.5) is 17.1 Å². The van der Waals surface area contributed by atoms with E-state index in [9.17, 15) is 4.79 Å². The number of hydrogen-bond donors (Lipinski definition) is 4. The summed E-state index contributed by atoms with van der Waals surface area (Å²) in [7, 11) is 0. The molecule has 1 amide bonds. The van der Waals surface area contributed by atoms with Gasteiger partial charge in [0.25, 0.3) is 0 Å². The Morgan fingerprint density at radius 1 is 0.800 bits per heavy atom. The summed E-state index contributed by atoms with van der Waals surface area (Å²) in [6, 6.07) is 21.7. The number of fused-ring (bicyclic) bond motifs is 1. The van der Waals surface area contributed by atoms with Gasteiger partial charge in [0.2, 0.25) is 5.91 Å². The van der Waals surface area contributed by atoms with E-state index >= 15 is 0 Å². The maximum atomic E-state index is 10.9. The van der Waals surface area contributed by atoms with Crippen LogP contribution in [0, 0.1) is 0 Å². The van der Waals surface area contributed by atoms with Gasteiger partial charge in [0.1, 0.15) is 0 Å². The molecule has 0 heterocycles. The summed E-state index contributed by atoms with van der Waals surface area (Å²) in [6.07, 6.45) is 0. The molecular weight excluding hydrogens is 332 g/mol. The van der Waals surface area contributed by atoms with Gasteiger partial charge in [-0.15, -0.1) is 0 Å². The number of amides is 1. The van der Waals surface area contributed by atoms with Gasteiger partial charge in [-0.1, -0.05) is 30.3 Å². The zero-order chi connectivity index (χ0) is 17.6. The first kappa shape index (κ1) is 16.7. The number of hydrogen-bond acceptors (Lipinski definition) is 3. The van der Waals surface area contributed by atoms with E-state index in [1.165, 1.54) is 12.3 Å². The number of carbonyl (C=O) groups excluding carboxylic acids is 1. The summed E-state index contributed by atoms with van der Waals surface area (Å²) in [5, 5.41) is 9.18. The first-order valence-electron chi connectivity index (χ1n) is 7.79. The minimum atomic E-state index is -0.150. The Kier molecular flexibility index (Phi) is 5.11. The number of rotatable bonds is 4. The molecule has 0 aliphatic rings. The SMILES string of the molecule is CC(=O)NNc1ccc(NC(=S)Nc2ccc3ccccc3c2)cc1. The predicted octanol–water partition coefficient (Wildman–Crippen LogP) is 4.11. The van der Waals surface area contributed by atoms with Crippen molar-refractivity contribution < 1.29 is 4.79 Å². The summed E-state index contributed by atoms with van der Waals surface area (Å²) in [5.74, 6) is -0.150. The average molecular weight is 350 g/mol. The van der Waals surface area contributed by atoms with Crippen molar-refractivity contribution in [1.82, 2.24) is 5.43 Å². The molecule has 0 aliphatic heterocycles. The molecule has 0 atom stereocenters. The highest BCUT2D eigenvalue weighted by Crippen LogP contribution is 2.19. The summed E-state index contributed by atoms with van der Waals surface area (Å²) in [5.41, 5.74) is 7.90. The number of nitrogens with one attached hydrogen (secondary N) is 4. The smallest absolute Gasteiger partial charge is 0.235 e. The Balaban J connectivity index is 1.60. The van der Waals surface area contributed by atoms with E-state index in [0.29, 0.717) is 5.11 Å². The molecule has 0 saturated carbocycles. The Hall–Kier alpha value is -3.12. The van der Waals surface area contributed by atoms with Crippen molar-refractivity contribution in [2.24, 2.45) is 0 Å². The van der Waals surface area contributed by atoms with Gasteiger partial charge in [-0.3, -0.25) is 15.6 Å². The summed E-state index contributed by atoms with van der Waals surface area (Å²) >= 11 is 5.36. The van der Waals surface area contributed by atoms with Gasteiger partial charge in [0, 0.05) is 18.3 Å². The molecule has 0 aromatic heterocycles. The zero-order valence-electron chi connectivity index (χ0n) is 13.7. The molecule has 0 saturated heterocycles. The van der Waals surface area contributed by atoms with Gasteiger partial charge < -0.3 is 10.6 Å². The molecular formula is C19H18N4OS. The van der Waals surface area contributed by atoms with Gasteiger partial charge in [-0.2, -0.15) is 0 Å². The maximum Gasteiger partial charge on any atom is 0.235 e. The van der Waals surface area contributed by atoms with Crippen LogP contribution in [-0.4, -0.2) is 11.0 Å². The van der Waals surface area contributed by atoms with Crippen LogP contribution in [0.15, 0.2) is 66.7 Å². The highest BCUT2D eigenvalue weighted by atomic mass is 32.1. The minimum absolute atomic E-state index is 0.150. The van der Waals surface area contributed by atoms with Crippen molar-refractivity contribution in [3.8, 4) is 0 Å². The molecule has 0 unspecified atom stereocenters. The third-order valence-corrected chi connectivity index (χ3v) is 3.74. The van der Waals surface area contributed by atoms with Gasteiger partial charge in [0.05, 0.1) is 5.69 Å². The van der Waals surface area contributed by atoms with Crippen LogP contribution in [0.2, 0.25) is 0 Å². The van der Waals surface area contributed by atoms with E-state index in [0.717, 1.165) is 22.4 Å². The summed E-state index contributed by atoms with van der Waals surface area (Å²) in [4.78, 5) is 10.9. The van der Waals surface area contributed by atoms with Gasteiger partial charge >= 0.3 is 0 Å².